The van der Waals surface area contributed by atoms with Gasteiger partial charge in [-0.1, -0.05) is 0 Å². The number of amides is 2. The lowest BCUT2D eigenvalue weighted by Gasteiger charge is -2.20. The zero-order valence-corrected chi connectivity index (χ0v) is 11.0. The van der Waals surface area contributed by atoms with Gasteiger partial charge in [0.25, 0.3) is 0 Å². The molecular weight excluding hydrogens is 230 g/mol. The molecule has 2 amide bonds. The topological polar surface area (TPSA) is 61.4 Å². The summed E-state index contributed by atoms with van der Waals surface area (Å²) in [6.45, 7) is 5.70. The van der Waals surface area contributed by atoms with Crippen LogP contribution in [0.5, 0.6) is 0 Å². The second kappa shape index (κ2) is 10.7. The van der Waals surface area contributed by atoms with Crippen molar-refractivity contribution >= 4 is 24.2 Å². The van der Waals surface area contributed by atoms with Gasteiger partial charge in [0.15, 0.2) is 0 Å². The van der Waals surface area contributed by atoms with Gasteiger partial charge >= 0.3 is 0 Å². The predicted octanol–water partition coefficient (Wildman–Crippen LogP) is 0.00230. The highest BCUT2D eigenvalue weighted by atomic mass is 35.5. The van der Waals surface area contributed by atoms with Crippen LogP contribution in [0.25, 0.3) is 0 Å². The Bertz CT molecular complexity index is 212. The van der Waals surface area contributed by atoms with Crippen molar-refractivity contribution in [3.63, 3.8) is 0 Å². The zero-order valence-electron chi connectivity index (χ0n) is 10.2. The van der Waals surface area contributed by atoms with E-state index in [1.807, 2.05) is 13.8 Å². The fourth-order valence-electron chi connectivity index (χ4n) is 1.19. The Hall–Kier alpha value is -0.810. The molecule has 16 heavy (non-hydrogen) atoms. The van der Waals surface area contributed by atoms with Crippen LogP contribution < -0.4 is 10.6 Å². The largest absolute Gasteiger partial charge is 0.355 e. The summed E-state index contributed by atoms with van der Waals surface area (Å²) in [5.41, 5.74) is 0. The number of likely N-dealkylation sites (N-methyl/N-ethyl adjacent to an activating group) is 2. The second-order valence-electron chi connectivity index (χ2n) is 3.21. The van der Waals surface area contributed by atoms with E-state index in [-0.39, 0.29) is 30.8 Å². The summed E-state index contributed by atoms with van der Waals surface area (Å²) < 4.78 is 0. The third-order valence-corrected chi connectivity index (χ3v) is 2.03. The van der Waals surface area contributed by atoms with Crippen molar-refractivity contribution in [3.8, 4) is 0 Å². The molecule has 5 nitrogen and oxygen atoms in total. The van der Waals surface area contributed by atoms with Gasteiger partial charge in [-0.2, -0.15) is 0 Å². The quantitative estimate of drug-likeness (QED) is 0.670. The molecule has 0 atom stereocenters. The monoisotopic (exact) mass is 251 g/mol. The van der Waals surface area contributed by atoms with E-state index in [1.165, 1.54) is 0 Å². The minimum absolute atomic E-state index is 0. The normalized spacial score (nSPS) is 9.19. The first-order valence-corrected chi connectivity index (χ1v) is 5.34. The molecule has 0 radical (unpaired) electrons. The van der Waals surface area contributed by atoms with Crippen LogP contribution in [0, 0.1) is 0 Å². The van der Waals surface area contributed by atoms with E-state index in [0.717, 1.165) is 0 Å². The van der Waals surface area contributed by atoms with Gasteiger partial charge in [-0.3, -0.25) is 9.59 Å². The summed E-state index contributed by atoms with van der Waals surface area (Å²) in [6.07, 6.45) is 0.434. The molecule has 0 aromatic carbocycles. The molecule has 0 rings (SSSR count). The van der Waals surface area contributed by atoms with Crippen molar-refractivity contribution in [3.05, 3.63) is 0 Å². The lowest BCUT2D eigenvalue weighted by Crippen LogP contribution is -2.41. The summed E-state index contributed by atoms with van der Waals surface area (Å²) in [6, 6.07) is 0. The fraction of sp³-hybridized carbons (Fsp3) is 0.800. The lowest BCUT2D eigenvalue weighted by atomic mass is 10.3. The van der Waals surface area contributed by atoms with Crippen molar-refractivity contribution in [2.75, 3.05) is 33.2 Å². The van der Waals surface area contributed by atoms with Crippen molar-refractivity contribution in [2.45, 2.75) is 20.3 Å². The van der Waals surface area contributed by atoms with Gasteiger partial charge in [0.1, 0.15) is 0 Å². The van der Waals surface area contributed by atoms with E-state index in [9.17, 15) is 9.59 Å². The number of carbonyl (C=O) groups excluding carboxylic acids is 2. The minimum atomic E-state index is -0.0999. The standard InChI is InChI=1S/C10H21N3O2.ClH/c1-4-12-9(14)8-13(5-2)10(15)6-7-11-3;/h11H,4-8H2,1-3H3,(H,12,14);1H. The Morgan fingerprint density at radius 3 is 2.31 bits per heavy atom. The fourth-order valence-corrected chi connectivity index (χ4v) is 1.19. The van der Waals surface area contributed by atoms with Gasteiger partial charge in [-0.05, 0) is 20.9 Å². The van der Waals surface area contributed by atoms with E-state index >= 15 is 0 Å². The van der Waals surface area contributed by atoms with Gasteiger partial charge in [0.2, 0.25) is 11.8 Å². The second-order valence-corrected chi connectivity index (χ2v) is 3.21. The van der Waals surface area contributed by atoms with E-state index in [1.54, 1.807) is 11.9 Å². The molecule has 0 fully saturated rings. The van der Waals surface area contributed by atoms with Gasteiger partial charge in [0, 0.05) is 26.1 Å². The van der Waals surface area contributed by atoms with Crippen molar-refractivity contribution in [2.24, 2.45) is 0 Å². The summed E-state index contributed by atoms with van der Waals surface area (Å²) in [7, 11) is 1.80. The highest BCUT2D eigenvalue weighted by Gasteiger charge is 2.13. The molecule has 0 bridgehead atoms. The van der Waals surface area contributed by atoms with Crippen LogP contribution in [0.15, 0.2) is 0 Å². The van der Waals surface area contributed by atoms with Crippen molar-refractivity contribution < 1.29 is 9.59 Å². The number of nitrogens with zero attached hydrogens (tertiary/aromatic N) is 1. The SMILES string of the molecule is CCNC(=O)CN(CC)C(=O)CCNC.Cl. The minimum Gasteiger partial charge on any atom is -0.355 e. The van der Waals surface area contributed by atoms with Crippen molar-refractivity contribution in [1.82, 2.24) is 15.5 Å². The number of rotatable bonds is 7. The third-order valence-electron chi connectivity index (χ3n) is 2.03. The molecule has 0 aliphatic heterocycles. The average molecular weight is 252 g/mol. The number of hydrogen-bond acceptors (Lipinski definition) is 3. The molecule has 0 heterocycles. The lowest BCUT2D eigenvalue weighted by molar-refractivity contribution is -0.135. The number of halogens is 1. The highest BCUT2D eigenvalue weighted by Crippen LogP contribution is 1.93. The Morgan fingerprint density at radius 2 is 1.88 bits per heavy atom. The van der Waals surface area contributed by atoms with Crippen LogP contribution in [0.4, 0.5) is 0 Å². The zero-order chi connectivity index (χ0) is 11.7. The van der Waals surface area contributed by atoms with Crippen molar-refractivity contribution in [1.29, 1.82) is 0 Å². The molecular formula is C10H22ClN3O2. The van der Waals surface area contributed by atoms with E-state index in [0.29, 0.717) is 26.1 Å². The molecule has 0 aromatic rings. The van der Waals surface area contributed by atoms with Gasteiger partial charge < -0.3 is 15.5 Å². The number of nitrogens with one attached hydrogen (secondary N) is 2. The predicted molar refractivity (Wildman–Crippen MR) is 66.7 cm³/mol. The molecule has 0 saturated carbocycles. The molecule has 0 spiro atoms. The van der Waals surface area contributed by atoms with Gasteiger partial charge in [-0.15, -0.1) is 12.4 Å². The summed E-state index contributed by atoms with van der Waals surface area (Å²) in [5, 5.41) is 5.58. The first-order valence-electron chi connectivity index (χ1n) is 5.34. The Kier molecular flexibility index (Phi) is 11.8. The third kappa shape index (κ3) is 7.48. The first-order chi connectivity index (χ1) is 7.15. The molecule has 0 aliphatic rings. The van der Waals surface area contributed by atoms with Gasteiger partial charge in [-0.25, -0.2) is 0 Å². The smallest absolute Gasteiger partial charge is 0.239 e. The van der Waals surface area contributed by atoms with E-state index in [2.05, 4.69) is 10.6 Å². The van der Waals surface area contributed by atoms with Crippen LogP contribution >= 0.6 is 12.4 Å². The van der Waals surface area contributed by atoms with Gasteiger partial charge in [0.05, 0.1) is 6.54 Å². The van der Waals surface area contributed by atoms with E-state index in [4.69, 9.17) is 0 Å². The molecule has 6 heteroatoms. The number of hydrogen-bond donors (Lipinski definition) is 2. The molecule has 0 aliphatic carbocycles. The summed E-state index contributed by atoms with van der Waals surface area (Å²) in [5.74, 6) is -0.0877. The van der Waals surface area contributed by atoms with Crippen LogP contribution in [0.1, 0.15) is 20.3 Å². The highest BCUT2D eigenvalue weighted by molar-refractivity contribution is 5.85. The maximum absolute atomic E-state index is 11.6. The van der Waals surface area contributed by atoms with Crippen LogP contribution in [0.2, 0.25) is 0 Å². The Morgan fingerprint density at radius 1 is 1.25 bits per heavy atom. The maximum atomic E-state index is 11.6. The molecule has 0 aromatic heterocycles. The summed E-state index contributed by atoms with van der Waals surface area (Å²) >= 11 is 0. The van der Waals surface area contributed by atoms with Crippen LogP contribution in [-0.4, -0.2) is 49.9 Å². The Labute approximate surface area is 103 Å². The molecule has 0 unspecified atom stereocenters. The van der Waals surface area contributed by atoms with Crippen LogP contribution in [0.3, 0.4) is 0 Å². The molecule has 96 valence electrons. The molecule has 0 saturated heterocycles. The summed E-state index contributed by atoms with van der Waals surface area (Å²) in [4.78, 5) is 24.4. The van der Waals surface area contributed by atoms with E-state index < -0.39 is 0 Å². The Balaban J connectivity index is 0. The first kappa shape index (κ1) is 17.6. The molecule has 2 N–H and O–H groups in total. The maximum Gasteiger partial charge on any atom is 0.239 e. The average Bonchev–Trinajstić information content (AvgIpc) is 2.22. The number of carbonyl (C=O) groups is 2. The van der Waals surface area contributed by atoms with Crippen LogP contribution in [-0.2, 0) is 9.59 Å².